The predicted molar refractivity (Wildman–Crippen MR) is 39.2 cm³/mol. The first-order chi connectivity index (χ1) is 3.66. The first kappa shape index (κ1) is 8.06. The Morgan fingerprint density at radius 3 is 2.00 bits per heavy atom. The van der Waals surface area contributed by atoms with Crippen molar-refractivity contribution < 1.29 is 0 Å². The highest BCUT2D eigenvalue weighted by Crippen LogP contribution is 2.08. The molecule has 0 aliphatic heterocycles. The van der Waals surface area contributed by atoms with Crippen molar-refractivity contribution >= 4 is 23.2 Å². The third-order valence-electron chi connectivity index (χ3n) is 0.613. The van der Waals surface area contributed by atoms with Crippen LogP contribution >= 0.6 is 23.2 Å². The summed E-state index contributed by atoms with van der Waals surface area (Å²) in [6.45, 7) is 3.64. The van der Waals surface area contributed by atoms with Crippen LogP contribution in [0.4, 0.5) is 0 Å². The minimum absolute atomic E-state index is 0.678. The number of allylic oxidation sites excluding steroid dienone is 4. The lowest BCUT2D eigenvalue weighted by Gasteiger charge is -1.84. The lowest BCUT2D eigenvalue weighted by atomic mass is 10.4. The Morgan fingerprint density at radius 1 is 1.38 bits per heavy atom. The number of rotatable bonds is 1. The van der Waals surface area contributed by atoms with Gasteiger partial charge in [0.05, 0.1) is 0 Å². The zero-order chi connectivity index (χ0) is 6.57. The van der Waals surface area contributed by atoms with Crippen LogP contribution in [0.2, 0.25) is 0 Å². The molecule has 8 heavy (non-hydrogen) atoms. The Labute approximate surface area is 59.8 Å². The Morgan fingerprint density at radius 2 is 1.88 bits per heavy atom. The molecule has 0 amide bonds. The minimum atomic E-state index is 0.678. The molecule has 0 aromatic heterocycles. The van der Waals surface area contributed by atoms with Crippen molar-refractivity contribution in [1.82, 2.24) is 0 Å². The van der Waals surface area contributed by atoms with Gasteiger partial charge in [-0.05, 0) is 19.9 Å². The fourth-order valence-corrected chi connectivity index (χ4v) is 0.610. The topological polar surface area (TPSA) is 0 Å². The van der Waals surface area contributed by atoms with Gasteiger partial charge in [-0.15, -0.1) is 0 Å². The van der Waals surface area contributed by atoms with Crippen LogP contribution in [0.1, 0.15) is 13.8 Å². The molecule has 0 bridgehead atoms. The van der Waals surface area contributed by atoms with Gasteiger partial charge >= 0.3 is 0 Å². The number of hydrogen-bond donors (Lipinski definition) is 0. The van der Waals surface area contributed by atoms with Crippen LogP contribution in [0.3, 0.4) is 0 Å². The quantitative estimate of drug-likeness (QED) is 0.504. The van der Waals surface area contributed by atoms with E-state index in [-0.39, 0.29) is 0 Å². The van der Waals surface area contributed by atoms with E-state index < -0.39 is 0 Å². The summed E-state index contributed by atoms with van der Waals surface area (Å²) in [5.41, 5.74) is 0. The highest BCUT2D eigenvalue weighted by molar-refractivity contribution is 6.34. The summed E-state index contributed by atoms with van der Waals surface area (Å²) < 4.78 is 0. The third-order valence-corrected chi connectivity index (χ3v) is 1.05. The molecule has 0 aromatic carbocycles. The van der Waals surface area contributed by atoms with Gasteiger partial charge in [0.15, 0.2) is 0 Å². The average molecular weight is 151 g/mol. The van der Waals surface area contributed by atoms with E-state index in [9.17, 15) is 0 Å². The molecular formula is C6H8Cl2. The molecule has 0 fully saturated rings. The molecule has 2 heteroatoms. The van der Waals surface area contributed by atoms with Gasteiger partial charge in [-0.2, -0.15) is 0 Å². The van der Waals surface area contributed by atoms with E-state index in [1.165, 1.54) is 0 Å². The molecule has 0 saturated carbocycles. The Bertz CT molecular complexity index is 118. The van der Waals surface area contributed by atoms with Gasteiger partial charge < -0.3 is 0 Å². The molecule has 0 aromatic rings. The van der Waals surface area contributed by atoms with Crippen molar-refractivity contribution in [1.29, 1.82) is 0 Å². The van der Waals surface area contributed by atoms with Crippen molar-refractivity contribution in [3.05, 3.63) is 22.2 Å². The fourth-order valence-electron chi connectivity index (χ4n) is 0.273. The molecule has 0 saturated heterocycles. The van der Waals surface area contributed by atoms with Crippen LogP contribution in [0, 0.1) is 0 Å². The van der Waals surface area contributed by atoms with E-state index in [2.05, 4.69) is 0 Å². The summed E-state index contributed by atoms with van der Waals surface area (Å²) in [5, 5.41) is 1.38. The van der Waals surface area contributed by atoms with Crippen molar-refractivity contribution in [3.8, 4) is 0 Å². The Kier molecular flexibility index (Phi) is 4.02. The monoisotopic (exact) mass is 150 g/mol. The van der Waals surface area contributed by atoms with Gasteiger partial charge in [0.2, 0.25) is 0 Å². The Balaban J connectivity index is 3.89. The third kappa shape index (κ3) is 4.23. The van der Waals surface area contributed by atoms with Gasteiger partial charge in [-0.3, -0.25) is 0 Å². The molecule has 0 radical (unpaired) electrons. The van der Waals surface area contributed by atoms with Crippen molar-refractivity contribution in [3.63, 3.8) is 0 Å². The molecule has 0 rings (SSSR count). The summed E-state index contributed by atoms with van der Waals surface area (Å²) in [5.74, 6) is 0. The van der Waals surface area contributed by atoms with E-state index in [4.69, 9.17) is 23.2 Å². The summed E-state index contributed by atoms with van der Waals surface area (Å²) in [4.78, 5) is 0. The molecule has 0 unspecified atom stereocenters. The normalized spacial score (nSPS) is 14.5. The first-order valence-corrected chi connectivity index (χ1v) is 3.08. The molecule has 0 spiro atoms. The SMILES string of the molecule is CC=C(Cl)C=C(C)Cl. The maximum absolute atomic E-state index is 5.56. The van der Waals surface area contributed by atoms with E-state index >= 15 is 0 Å². The van der Waals surface area contributed by atoms with E-state index in [1.54, 1.807) is 19.1 Å². The smallest absolute Gasteiger partial charge is 0.0374 e. The zero-order valence-electron chi connectivity index (χ0n) is 4.91. The maximum atomic E-state index is 5.56. The lowest BCUT2D eigenvalue weighted by molar-refractivity contribution is 1.61. The molecule has 0 N–H and O–H groups in total. The van der Waals surface area contributed by atoms with Gasteiger partial charge in [-0.25, -0.2) is 0 Å². The standard InChI is InChI=1S/C6H8Cl2/c1-3-6(8)4-5(2)7/h3-4H,1-2H3. The highest BCUT2D eigenvalue weighted by Gasteiger charge is 1.81. The van der Waals surface area contributed by atoms with Crippen LogP contribution in [0.15, 0.2) is 22.2 Å². The van der Waals surface area contributed by atoms with E-state index in [0.29, 0.717) is 10.1 Å². The second-order valence-corrected chi connectivity index (χ2v) is 2.44. The summed E-state index contributed by atoms with van der Waals surface area (Å²) in [7, 11) is 0. The molecular weight excluding hydrogens is 143 g/mol. The van der Waals surface area contributed by atoms with Crippen molar-refractivity contribution in [2.45, 2.75) is 13.8 Å². The van der Waals surface area contributed by atoms with Gasteiger partial charge in [0.25, 0.3) is 0 Å². The summed E-state index contributed by atoms with van der Waals surface area (Å²) in [6, 6.07) is 0. The molecule has 0 atom stereocenters. The summed E-state index contributed by atoms with van der Waals surface area (Å²) >= 11 is 11.0. The van der Waals surface area contributed by atoms with Crippen LogP contribution in [0.5, 0.6) is 0 Å². The Hall–Kier alpha value is 0.0600. The molecule has 0 heterocycles. The van der Waals surface area contributed by atoms with Crippen molar-refractivity contribution in [2.75, 3.05) is 0 Å². The van der Waals surface area contributed by atoms with Crippen LogP contribution < -0.4 is 0 Å². The second-order valence-electron chi connectivity index (χ2n) is 1.40. The minimum Gasteiger partial charge on any atom is -0.0894 e. The van der Waals surface area contributed by atoms with E-state index in [1.807, 2.05) is 6.92 Å². The zero-order valence-corrected chi connectivity index (χ0v) is 6.42. The maximum Gasteiger partial charge on any atom is 0.0374 e. The van der Waals surface area contributed by atoms with Crippen LogP contribution in [-0.2, 0) is 0 Å². The van der Waals surface area contributed by atoms with Crippen LogP contribution in [-0.4, -0.2) is 0 Å². The average Bonchev–Trinajstić information content (AvgIpc) is 1.65. The molecule has 0 nitrogen and oxygen atoms in total. The molecule has 0 aliphatic rings. The number of hydrogen-bond acceptors (Lipinski definition) is 0. The van der Waals surface area contributed by atoms with Gasteiger partial charge in [0.1, 0.15) is 0 Å². The summed E-state index contributed by atoms with van der Waals surface area (Å²) in [6.07, 6.45) is 3.48. The fraction of sp³-hybridized carbons (Fsp3) is 0.333. The lowest BCUT2D eigenvalue weighted by Crippen LogP contribution is -1.61. The van der Waals surface area contributed by atoms with Crippen LogP contribution in [0.25, 0.3) is 0 Å². The second kappa shape index (κ2) is 3.99. The molecule has 0 aliphatic carbocycles. The van der Waals surface area contributed by atoms with Gasteiger partial charge in [-0.1, -0.05) is 29.3 Å². The largest absolute Gasteiger partial charge is 0.0894 e. The van der Waals surface area contributed by atoms with Crippen molar-refractivity contribution in [2.24, 2.45) is 0 Å². The van der Waals surface area contributed by atoms with E-state index in [0.717, 1.165) is 0 Å². The van der Waals surface area contributed by atoms with Gasteiger partial charge in [0, 0.05) is 10.1 Å². The number of halogens is 2. The molecule has 46 valence electrons. The highest BCUT2D eigenvalue weighted by atomic mass is 35.5. The predicted octanol–water partition coefficient (Wildman–Crippen LogP) is 3.27. The first-order valence-electron chi connectivity index (χ1n) is 2.32.